The number of aromatic nitrogens is 2. The highest BCUT2D eigenvalue weighted by atomic mass is 19.1. The molecule has 0 radical (unpaired) electrons. The van der Waals surface area contributed by atoms with Gasteiger partial charge in [0.2, 0.25) is 0 Å². The van der Waals surface area contributed by atoms with Gasteiger partial charge in [-0.05, 0) is 25.1 Å². The number of hydrogen-bond donors (Lipinski definition) is 0. The van der Waals surface area contributed by atoms with Gasteiger partial charge in [-0.3, -0.25) is 0 Å². The molecule has 3 aromatic rings. The van der Waals surface area contributed by atoms with E-state index in [-0.39, 0.29) is 0 Å². The fourth-order valence-electron chi connectivity index (χ4n) is 2.16. The Morgan fingerprint density at radius 2 is 1.95 bits per heavy atom. The lowest BCUT2D eigenvalue weighted by atomic mass is 9.96. The Hall–Kier alpha value is -2.49. The summed E-state index contributed by atoms with van der Waals surface area (Å²) in [5, 5.41) is 0. The van der Waals surface area contributed by atoms with Gasteiger partial charge in [0.25, 0.3) is 0 Å². The second-order valence-corrected chi connectivity index (χ2v) is 4.60. The van der Waals surface area contributed by atoms with Gasteiger partial charge in [0.1, 0.15) is 12.1 Å². The summed E-state index contributed by atoms with van der Waals surface area (Å²) in [6.45, 7) is 1.97. The SMILES string of the molecule is Cc1ccc(C(F)c2cncnc2)c(-c2ccco2)c1. The molecule has 0 aliphatic rings. The van der Waals surface area contributed by atoms with Crippen LogP contribution in [-0.4, -0.2) is 9.97 Å². The minimum atomic E-state index is -1.28. The molecular weight excluding hydrogens is 255 g/mol. The highest BCUT2D eigenvalue weighted by Gasteiger charge is 2.19. The summed E-state index contributed by atoms with van der Waals surface area (Å²) in [5.41, 5.74) is 2.80. The number of benzene rings is 1. The molecule has 0 N–H and O–H groups in total. The summed E-state index contributed by atoms with van der Waals surface area (Å²) < 4.78 is 20.1. The fraction of sp³-hybridized carbons (Fsp3) is 0.125. The van der Waals surface area contributed by atoms with Crippen molar-refractivity contribution < 1.29 is 8.81 Å². The maximum atomic E-state index is 14.7. The quantitative estimate of drug-likeness (QED) is 0.717. The van der Waals surface area contributed by atoms with Gasteiger partial charge < -0.3 is 4.42 Å². The Bertz CT molecular complexity index is 696. The van der Waals surface area contributed by atoms with Crippen LogP contribution in [0.15, 0.2) is 59.7 Å². The molecule has 2 heterocycles. The van der Waals surface area contributed by atoms with Gasteiger partial charge in [0.15, 0.2) is 6.17 Å². The Labute approximate surface area is 116 Å². The topological polar surface area (TPSA) is 38.9 Å². The lowest BCUT2D eigenvalue weighted by molar-refractivity contribution is 0.400. The number of halogens is 1. The molecule has 0 saturated heterocycles. The van der Waals surface area contributed by atoms with E-state index >= 15 is 0 Å². The number of rotatable bonds is 3. The Morgan fingerprint density at radius 1 is 1.15 bits per heavy atom. The Kier molecular flexibility index (Phi) is 3.29. The third-order valence-electron chi connectivity index (χ3n) is 3.14. The summed E-state index contributed by atoms with van der Waals surface area (Å²) in [4.78, 5) is 7.73. The molecule has 0 saturated carbocycles. The van der Waals surface area contributed by atoms with Crippen LogP contribution in [0.5, 0.6) is 0 Å². The standard InChI is InChI=1S/C16H13FN2O/c1-11-4-5-13(14(7-11)15-3-2-6-20-15)16(17)12-8-18-10-19-9-12/h2-10,16H,1H3. The second-order valence-electron chi connectivity index (χ2n) is 4.60. The van der Waals surface area contributed by atoms with Crippen LogP contribution in [0.3, 0.4) is 0 Å². The fourth-order valence-corrected chi connectivity index (χ4v) is 2.16. The molecule has 0 spiro atoms. The van der Waals surface area contributed by atoms with Gasteiger partial charge in [-0.1, -0.05) is 17.7 Å². The average molecular weight is 268 g/mol. The average Bonchev–Trinajstić information content (AvgIpc) is 3.01. The molecule has 4 heteroatoms. The summed E-state index contributed by atoms with van der Waals surface area (Å²) in [5.74, 6) is 0.656. The molecule has 1 aromatic carbocycles. The molecule has 0 bridgehead atoms. The van der Waals surface area contributed by atoms with E-state index in [0.717, 1.165) is 11.1 Å². The van der Waals surface area contributed by atoms with Crippen molar-refractivity contribution in [1.29, 1.82) is 0 Å². The predicted octanol–water partition coefficient (Wildman–Crippen LogP) is 4.10. The van der Waals surface area contributed by atoms with E-state index in [4.69, 9.17) is 4.42 Å². The number of aryl methyl sites for hydroxylation is 1. The summed E-state index contributed by atoms with van der Waals surface area (Å²) in [6.07, 6.45) is 4.67. The van der Waals surface area contributed by atoms with Crippen molar-refractivity contribution in [2.75, 3.05) is 0 Å². The van der Waals surface area contributed by atoms with Gasteiger partial charge in [0.05, 0.1) is 6.26 Å². The van der Waals surface area contributed by atoms with E-state index in [2.05, 4.69) is 9.97 Å². The Morgan fingerprint density at radius 3 is 2.65 bits per heavy atom. The van der Waals surface area contributed by atoms with Gasteiger partial charge in [-0.25, -0.2) is 14.4 Å². The molecule has 1 atom stereocenters. The third-order valence-corrected chi connectivity index (χ3v) is 3.14. The first-order valence-electron chi connectivity index (χ1n) is 6.29. The second kappa shape index (κ2) is 5.25. The molecule has 0 aliphatic carbocycles. The number of hydrogen-bond acceptors (Lipinski definition) is 3. The summed E-state index contributed by atoms with van der Waals surface area (Å²) >= 11 is 0. The first kappa shape index (κ1) is 12.5. The lowest BCUT2D eigenvalue weighted by Gasteiger charge is -2.13. The van der Waals surface area contributed by atoms with Crippen LogP contribution in [0.1, 0.15) is 22.9 Å². The summed E-state index contributed by atoms with van der Waals surface area (Å²) in [6, 6.07) is 9.21. The maximum Gasteiger partial charge on any atom is 0.154 e. The van der Waals surface area contributed by atoms with Crippen molar-refractivity contribution in [2.45, 2.75) is 13.1 Å². The maximum absolute atomic E-state index is 14.7. The van der Waals surface area contributed by atoms with Crippen molar-refractivity contribution in [3.8, 4) is 11.3 Å². The summed E-state index contributed by atoms with van der Waals surface area (Å²) in [7, 11) is 0. The van der Waals surface area contributed by atoms with Crippen LogP contribution in [0.2, 0.25) is 0 Å². The zero-order chi connectivity index (χ0) is 13.9. The minimum Gasteiger partial charge on any atom is -0.464 e. The van der Waals surface area contributed by atoms with Crippen LogP contribution in [0.25, 0.3) is 11.3 Å². The normalized spacial score (nSPS) is 12.3. The molecular formula is C16H13FN2O. The zero-order valence-electron chi connectivity index (χ0n) is 11.0. The smallest absolute Gasteiger partial charge is 0.154 e. The van der Waals surface area contributed by atoms with E-state index in [1.54, 1.807) is 18.4 Å². The van der Waals surface area contributed by atoms with Gasteiger partial charge in [-0.2, -0.15) is 0 Å². The molecule has 0 aliphatic heterocycles. The Balaban J connectivity index is 2.10. The van der Waals surface area contributed by atoms with Crippen LogP contribution < -0.4 is 0 Å². The third kappa shape index (κ3) is 2.32. The lowest BCUT2D eigenvalue weighted by Crippen LogP contribution is -1.99. The van der Waals surface area contributed by atoms with Gasteiger partial charge in [0, 0.05) is 29.1 Å². The van der Waals surface area contributed by atoms with E-state index in [0.29, 0.717) is 16.9 Å². The van der Waals surface area contributed by atoms with E-state index < -0.39 is 6.17 Å². The molecule has 3 nitrogen and oxygen atoms in total. The van der Waals surface area contributed by atoms with Gasteiger partial charge in [-0.15, -0.1) is 0 Å². The van der Waals surface area contributed by atoms with Crippen LogP contribution in [0, 0.1) is 6.92 Å². The zero-order valence-corrected chi connectivity index (χ0v) is 11.0. The molecule has 2 aromatic heterocycles. The molecule has 0 amide bonds. The molecule has 1 unspecified atom stereocenters. The van der Waals surface area contributed by atoms with Crippen LogP contribution in [0.4, 0.5) is 4.39 Å². The van der Waals surface area contributed by atoms with Crippen LogP contribution >= 0.6 is 0 Å². The number of nitrogens with zero attached hydrogens (tertiary/aromatic N) is 2. The predicted molar refractivity (Wildman–Crippen MR) is 73.9 cm³/mol. The highest BCUT2D eigenvalue weighted by molar-refractivity contribution is 5.64. The molecule has 100 valence electrons. The van der Waals surface area contributed by atoms with E-state index in [1.165, 1.54) is 18.7 Å². The highest BCUT2D eigenvalue weighted by Crippen LogP contribution is 2.34. The van der Waals surface area contributed by atoms with Crippen molar-refractivity contribution >= 4 is 0 Å². The minimum absolute atomic E-state index is 0.434. The van der Waals surface area contributed by atoms with Crippen molar-refractivity contribution in [3.05, 3.63) is 72.0 Å². The van der Waals surface area contributed by atoms with E-state index in [1.807, 2.05) is 25.1 Å². The molecule has 20 heavy (non-hydrogen) atoms. The first-order valence-corrected chi connectivity index (χ1v) is 6.29. The van der Waals surface area contributed by atoms with Crippen LogP contribution in [-0.2, 0) is 0 Å². The molecule has 0 fully saturated rings. The van der Waals surface area contributed by atoms with Crippen molar-refractivity contribution in [1.82, 2.24) is 9.97 Å². The monoisotopic (exact) mass is 268 g/mol. The largest absolute Gasteiger partial charge is 0.464 e. The number of alkyl halides is 1. The van der Waals surface area contributed by atoms with Crippen molar-refractivity contribution in [2.24, 2.45) is 0 Å². The van der Waals surface area contributed by atoms with E-state index in [9.17, 15) is 4.39 Å². The number of furan rings is 1. The van der Waals surface area contributed by atoms with Crippen molar-refractivity contribution in [3.63, 3.8) is 0 Å². The first-order chi connectivity index (χ1) is 9.75. The molecule has 3 rings (SSSR count). The van der Waals surface area contributed by atoms with Gasteiger partial charge >= 0.3 is 0 Å².